The fourth-order valence-corrected chi connectivity index (χ4v) is 1.65. The van der Waals surface area contributed by atoms with Crippen LogP contribution in [-0.4, -0.2) is 11.7 Å². The van der Waals surface area contributed by atoms with Crippen molar-refractivity contribution in [3.8, 4) is 0 Å². The Morgan fingerprint density at radius 2 is 2.23 bits per heavy atom. The maximum atomic E-state index is 13.3. The molecule has 0 amide bonds. The Hall–Kier alpha value is -0.410. The number of aliphatic hydroxyl groups excluding tert-OH is 1. The van der Waals surface area contributed by atoms with Crippen molar-refractivity contribution in [2.24, 2.45) is 0 Å². The highest BCUT2D eigenvalue weighted by Crippen LogP contribution is 2.25. The second kappa shape index (κ2) is 4.72. The summed E-state index contributed by atoms with van der Waals surface area (Å²) in [6.07, 6.45) is 0.740. The van der Waals surface area contributed by atoms with E-state index in [1.807, 2.05) is 6.92 Å². The molecule has 0 saturated carbocycles. The zero-order chi connectivity index (χ0) is 9.84. The zero-order valence-corrected chi connectivity index (χ0v) is 9.01. The third-order valence-corrected chi connectivity index (χ3v) is 2.60. The van der Waals surface area contributed by atoms with Gasteiger partial charge in [0.1, 0.15) is 5.82 Å². The van der Waals surface area contributed by atoms with Crippen molar-refractivity contribution in [3.05, 3.63) is 34.1 Å². The molecule has 0 saturated heterocycles. The quantitative estimate of drug-likeness (QED) is 0.870. The van der Waals surface area contributed by atoms with Crippen LogP contribution in [0.4, 0.5) is 4.39 Å². The van der Waals surface area contributed by atoms with Crippen molar-refractivity contribution >= 4 is 15.9 Å². The van der Waals surface area contributed by atoms with E-state index in [2.05, 4.69) is 15.9 Å². The minimum absolute atomic E-state index is 0.0100. The largest absolute Gasteiger partial charge is 0.396 e. The lowest BCUT2D eigenvalue weighted by atomic mass is 9.97. The van der Waals surface area contributed by atoms with Crippen molar-refractivity contribution in [2.45, 2.75) is 19.3 Å². The molecule has 0 bridgehead atoms. The van der Waals surface area contributed by atoms with Crippen LogP contribution in [0.5, 0.6) is 0 Å². The lowest BCUT2D eigenvalue weighted by molar-refractivity contribution is 0.259. The van der Waals surface area contributed by atoms with Gasteiger partial charge in [-0.1, -0.05) is 22.9 Å². The molecule has 1 aromatic carbocycles. The topological polar surface area (TPSA) is 20.2 Å². The molecule has 0 heterocycles. The SMILES string of the molecule is CCC(CO)c1cc(Br)ccc1F. The van der Waals surface area contributed by atoms with Gasteiger partial charge in [-0.15, -0.1) is 0 Å². The van der Waals surface area contributed by atoms with E-state index in [9.17, 15) is 4.39 Å². The summed E-state index contributed by atoms with van der Waals surface area (Å²) < 4.78 is 14.1. The van der Waals surface area contributed by atoms with Crippen LogP contribution in [0.25, 0.3) is 0 Å². The molecule has 0 spiro atoms. The Kier molecular flexibility index (Phi) is 3.88. The monoisotopic (exact) mass is 246 g/mol. The highest BCUT2D eigenvalue weighted by Gasteiger charge is 2.12. The molecule has 1 nitrogen and oxygen atoms in total. The van der Waals surface area contributed by atoms with E-state index in [0.717, 1.165) is 10.9 Å². The standard InChI is InChI=1S/C10H12BrFO/c1-2-7(6-13)9-5-8(11)3-4-10(9)12/h3-5,7,13H,2,6H2,1H3. The van der Waals surface area contributed by atoms with E-state index in [1.54, 1.807) is 12.1 Å². The minimum Gasteiger partial charge on any atom is -0.396 e. The third-order valence-electron chi connectivity index (χ3n) is 2.11. The van der Waals surface area contributed by atoms with Gasteiger partial charge in [0.2, 0.25) is 0 Å². The van der Waals surface area contributed by atoms with Gasteiger partial charge in [0.15, 0.2) is 0 Å². The van der Waals surface area contributed by atoms with Crippen molar-refractivity contribution in [1.29, 1.82) is 0 Å². The Morgan fingerprint density at radius 1 is 1.54 bits per heavy atom. The lowest BCUT2D eigenvalue weighted by Gasteiger charge is -2.12. The number of hydrogen-bond donors (Lipinski definition) is 1. The number of aliphatic hydroxyl groups is 1. The Balaban J connectivity index is 3.03. The second-order valence-corrected chi connectivity index (χ2v) is 3.87. The smallest absolute Gasteiger partial charge is 0.126 e. The molecule has 72 valence electrons. The Morgan fingerprint density at radius 3 is 2.77 bits per heavy atom. The van der Waals surface area contributed by atoms with Gasteiger partial charge >= 0.3 is 0 Å². The lowest BCUT2D eigenvalue weighted by Crippen LogP contribution is -2.05. The van der Waals surface area contributed by atoms with Gasteiger partial charge in [-0.25, -0.2) is 4.39 Å². The molecule has 1 N–H and O–H groups in total. The summed E-state index contributed by atoms with van der Waals surface area (Å²) in [5, 5.41) is 9.01. The van der Waals surface area contributed by atoms with E-state index in [-0.39, 0.29) is 18.3 Å². The van der Waals surface area contributed by atoms with E-state index >= 15 is 0 Å². The van der Waals surface area contributed by atoms with Gasteiger partial charge in [0.25, 0.3) is 0 Å². The molecule has 1 atom stereocenters. The molecule has 0 aliphatic carbocycles. The second-order valence-electron chi connectivity index (χ2n) is 2.95. The first-order valence-corrected chi connectivity index (χ1v) is 5.04. The molecule has 1 aromatic rings. The average molecular weight is 247 g/mol. The molecule has 1 unspecified atom stereocenters. The maximum absolute atomic E-state index is 13.3. The van der Waals surface area contributed by atoms with Crippen LogP contribution >= 0.6 is 15.9 Å². The first-order chi connectivity index (χ1) is 6.19. The van der Waals surface area contributed by atoms with Crippen molar-refractivity contribution in [2.75, 3.05) is 6.61 Å². The van der Waals surface area contributed by atoms with Crippen LogP contribution in [0.15, 0.2) is 22.7 Å². The van der Waals surface area contributed by atoms with Crippen molar-refractivity contribution in [1.82, 2.24) is 0 Å². The van der Waals surface area contributed by atoms with E-state index in [4.69, 9.17) is 5.11 Å². The van der Waals surface area contributed by atoms with Crippen molar-refractivity contribution < 1.29 is 9.50 Å². The van der Waals surface area contributed by atoms with Crippen LogP contribution in [0.3, 0.4) is 0 Å². The Bertz CT molecular complexity index is 284. The van der Waals surface area contributed by atoms with Gasteiger partial charge in [0.05, 0.1) is 6.61 Å². The Labute approximate surface area is 85.7 Å². The maximum Gasteiger partial charge on any atom is 0.126 e. The van der Waals surface area contributed by atoms with Crippen LogP contribution in [0, 0.1) is 5.82 Å². The minimum atomic E-state index is -0.246. The first kappa shape index (κ1) is 10.7. The average Bonchev–Trinajstić information content (AvgIpc) is 2.13. The van der Waals surface area contributed by atoms with Gasteiger partial charge < -0.3 is 5.11 Å². The van der Waals surface area contributed by atoms with Crippen LogP contribution < -0.4 is 0 Å². The highest BCUT2D eigenvalue weighted by atomic mass is 79.9. The van der Waals surface area contributed by atoms with Crippen molar-refractivity contribution in [3.63, 3.8) is 0 Å². The number of hydrogen-bond acceptors (Lipinski definition) is 1. The normalized spacial score (nSPS) is 12.9. The molecule has 0 aliphatic rings. The summed E-state index contributed by atoms with van der Waals surface area (Å²) in [5.74, 6) is -0.346. The summed E-state index contributed by atoms with van der Waals surface area (Å²) in [5.41, 5.74) is 0.583. The molecule has 3 heteroatoms. The highest BCUT2D eigenvalue weighted by molar-refractivity contribution is 9.10. The first-order valence-electron chi connectivity index (χ1n) is 4.24. The van der Waals surface area contributed by atoms with Crippen LogP contribution in [0.1, 0.15) is 24.8 Å². The summed E-state index contributed by atoms with van der Waals surface area (Å²) >= 11 is 3.27. The van der Waals surface area contributed by atoms with Gasteiger partial charge in [0, 0.05) is 10.4 Å². The predicted molar refractivity (Wildman–Crippen MR) is 54.2 cm³/mol. The van der Waals surface area contributed by atoms with E-state index in [1.165, 1.54) is 6.07 Å². The van der Waals surface area contributed by atoms with E-state index in [0.29, 0.717) is 5.56 Å². The molecule has 0 aromatic heterocycles. The molecule has 0 fully saturated rings. The molecule has 0 aliphatic heterocycles. The number of benzene rings is 1. The zero-order valence-electron chi connectivity index (χ0n) is 7.43. The van der Waals surface area contributed by atoms with Crippen LogP contribution in [0.2, 0.25) is 0 Å². The van der Waals surface area contributed by atoms with E-state index < -0.39 is 0 Å². The summed E-state index contributed by atoms with van der Waals surface area (Å²) in [4.78, 5) is 0. The molecule has 0 radical (unpaired) electrons. The molecule has 1 rings (SSSR count). The summed E-state index contributed by atoms with van der Waals surface area (Å²) in [7, 11) is 0. The molecule has 13 heavy (non-hydrogen) atoms. The predicted octanol–water partition coefficient (Wildman–Crippen LogP) is 3.07. The van der Waals surface area contributed by atoms with Crippen LogP contribution in [-0.2, 0) is 0 Å². The number of rotatable bonds is 3. The third kappa shape index (κ3) is 2.51. The van der Waals surface area contributed by atoms with Gasteiger partial charge in [-0.2, -0.15) is 0 Å². The summed E-state index contributed by atoms with van der Waals surface area (Å²) in [6.45, 7) is 1.92. The summed E-state index contributed by atoms with van der Waals surface area (Å²) in [6, 6.07) is 4.79. The molecular weight excluding hydrogens is 235 g/mol. The number of halogens is 2. The fourth-order valence-electron chi connectivity index (χ4n) is 1.27. The molecular formula is C10H12BrFO. The fraction of sp³-hybridized carbons (Fsp3) is 0.400. The van der Waals surface area contributed by atoms with Gasteiger partial charge in [-0.3, -0.25) is 0 Å². The van der Waals surface area contributed by atoms with Gasteiger partial charge in [-0.05, 0) is 30.2 Å².